The molecule has 0 radical (unpaired) electrons. The minimum Gasteiger partial charge on any atom is -0.369 e. The van der Waals surface area contributed by atoms with Crippen molar-refractivity contribution >= 4 is 17.4 Å². The summed E-state index contributed by atoms with van der Waals surface area (Å²) in [6, 6.07) is 22.4. The number of allylic oxidation sites excluding steroid dienone is 2. The summed E-state index contributed by atoms with van der Waals surface area (Å²) in [7, 11) is 0. The molecule has 2 nitrogen and oxygen atoms in total. The third-order valence-electron chi connectivity index (χ3n) is 8.83. The normalized spacial score (nSPS) is 12.1. The van der Waals surface area contributed by atoms with E-state index >= 15 is 0 Å². The molecule has 3 rings (SSSR count). The second kappa shape index (κ2) is 22.3. The van der Waals surface area contributed by atoms with Crippen LogP contribution in [0.1, 0.15) is 155 Å². The van der Waals surface area contributed by atoms with Gasteiger partial charge in [-0.2, -0.15) is 0 Å². The highest BCUT2D eigenvalue weighted by molar-refractivity contribution is 6.06. The van der Waals surface area contributed by atoms with E-state index in [0.717, 1.165) is 40.7 Å². The van der Waals surface area contributed by atoms with Gasteiger partial charge in [-0.3, -0.25) is 4.79 Å². The molecule has 0 aromatic heterocycles. The zero-order chi connectivity index (χ0) is 32.8. The van der Waals surface area contributed by atoms with Gasteiger partial charge < -0.3 is 4.74 Å². The second-order valence-corrected chi connectivity index (χ2v) is 12.9. The average molecular weight is 625 g/mol. The fourth-order valence-electron chi connectivity index (χ4n) is 5.83. The molecule has 3 heteroatoms. The summed E-state index contributed by atoms with van der Waals surface area (Å²) in [5.74, 6) is -0.489. The highest BCUT2D eigenvalue weighted by Gasteiger charge is 2.13. The molecule has 3 aromatic carbocycles. The van der Waals surface area contributed by atoms with Gasteiger partial charge in [-0.1, -0.05) is 170 Å². The van der Waals surface area contributed by atoms with Crippen LogP contribution in [-0.2, 0) is 11.3 Å². The zero-order valence-electron chi connectivity index (χ0n) is 28.6. The number of halogens is 1. The number of ether oxygens (including phenoxy) is 1. The van der Waals surface area contributed by atoms with Crippen LogP contribution in [0.4, 0.5) is 4.39 Å². The molecule has 0 spiro atoms. The molecular weight excluding hydrogens is 567 g/mol. The molecule has 0 N–H and O–H groups in total. The fourth-order valence-corrected chi connectivity index (χ4v) is 5.83. The Morgan fingerprint density at radius 2 is 1.20 bits per heavy atom. The highest BCUT2D eigenvalue weighted by atomic mass is 19.1. The predicted molar refractivity (Wildman–Crippen MR) is 194 cm³/mol. The van der Waals surface area contributed by atoms with Crippen molar-refractivity contribution in [3.63, 3.8) is 0 Å². The van der Waals surface area contributed by atoms with Gasteiger partial charge in [0.15, 0.2) is 5.78 Å². The van der Waals surface area contributed by atoms with Crippen molar-refractivity contribution in [3.05, 3.63) is 119 Å². The lowest BCUT2D eigenvalue weighted by molar-refractivity contribution is 0.0321. The van der Waals surface area contributed by atoms with Crippen LogP contribution in [0.3, 0.4) is 0 Å². The topological polar surface area (TPSA) is 26.3 Å². The van der Waals surface area contributed by atoms with Crippen molar-refractivity contribution in [1.82, 2.24) is 0 Å². The van der Waals surface area contributed by atoms with Crippen LogP contribution in [0, 0.1) is 5.82 Å². The van der Waals surface area contributed by atoms with E-state index in [9.17, 15) is 9.18 Å². The summed E-state index contributed by atoms with van der Waals surface area (Å²) >= 11 is 0. The monoisotopic (exact) mass is 624 g/mol. The smallest absolute Gasteiger partial charge is 0.185 e. The summed E-state index contributed by atoms with van der Waals surface area (Å²) < 4.78 is 19.7. The lowest BCUT2D eigenvalue weighted by Gasteiger charge is -2.19. The summed E-state index contributed by atoms with van der Waals surface area (Å²) in [6.07, 6.45) is 24.7. The van der Waals surface area contributed by atoms with Gasteiger partial charge >= 0.3 is 0 Å². The molecule has 0 fully saturated rings. The molecule has 0 aliphatic rings. The van der Waals surface area contributed by atoms with Crippen molar-refractivity contribution in [2.75, 3.05) is 0 Å². The standard InChI is InChI=1S/C43H57FO2/c1-4-5-6-7-8-9-10-11-12-13-14-15-16-17-18-19-43(46-34-37-22-25-38(26-23-37)35(2)3)40-27-20-36(21-28-40)24-33-42(45)39-29-31-41(44)32-30-39/h20-33,43H,2,4-19,34H2,1,3H3. The summed E-state index contributed by atoms with van der Waals surface area (Å²) in [4.78, 5) is 12.5. The van der Waals surface area contributed by atoms with Crippen molar-refractivity contribution in [2.24, 2.45) is 0 Å². The number of ketones is 1. The Morgan fingerprint density at radius 1 is 0.696 bits per heavy atom. The minimum atomic E-state index is -0.346. The minimum absolute atomic E-state index is 0.0154. The van der Waals surface area contributed by atoms with Crippen molar-refractivity contribution < 1.29 is 13.9 Å². The zero-order valence-corrected chi connectivity index (χ0v) is 28.6. The number of carbonyl (C=O) groups is 1. The van der Waals surface area contributed by atoms with Crippen LogP contribution in [-0.4, -0.2) is 5.78 Å². The average Bonchev–Trinajstić information content (AvgIpc) is 3.07. The van der Waals surface area contributed by atoms with Gasteiger partial charge in [0.1, 0.15) is 5.82 Å². The molecule has 0 aliphatic heterocycles. The predicted octanol–water partition coefficient (Wildman–Crippen LogP) is 13.3. The number of benzene rings is 3. The first-order chi connectivity index (χ1) is 22.5. The molecule has 0 saturated carbocycles. The number of hydrogen-bond acceptors (Lipinski definition) is 2. The van der Waals surface area contributed by atoms with E-state index in [1.165, 1.54) is 114 Å². The summed E-state index contributed by atoms with van der Waals surface area (Å²) in [6.45, 7) is 8.91. The third kappa shape index (κ3) is 14.9. The van der Waals surface area contributed by atoms with Gasteiger partial charge in [0.05, 0.1) is 12.7 Å². The molecule has 0 saturated heterocycles. The Balaban J connectivity index is 1.44. The van der Waals surface area contributed by atoms with Crippen LogP contribution >= 0.6 is 0 Å². The van der Waals surface area contributed by atoms with E-state index in [-0.39, 0.29) is 17.7 Å². The number of rotatable bonds is 24. The first-order valence-electron chi connectivity index (χ1n) is 17.9. The van der Waals surface area contributed by atoms with Gasteiger partial charge in [0.2, 0.25) is 0 Å². The number of carbonyl (C=O) groups excluding carboxylic acids is 1. The molecule has 248 valence electrons. The lowest BCUT2D eigenvalue weighted by Crippen LogP contribution is -2.05. The molecule has 0 heterocycles. The number of unbranched alkanes of at least 4 members (excludes halogenated alkanes) is 14. The third-order valence-corrected chi connectivity index (χ3v) is 8.83. The van der Waals surface area contributed by atoms with E-state index in [4.69, 9.17) is 4.74 Å². The Kier molecular flexibility index (Phi) is 18.0. The van der Waals surface area contributed by atoms with E-state index in [1.54, 1.807) is 6.08 Å². The van der Waals surface area contributed by atoms with E-state index in [1.807, 2.05) is 25.1 Å². The van der Waals surface area contributed by atoms with Crippen LogP contribution < -0.4 is 0 Å². The van der Waals surface area contributed by atoms with Crippen LogP contribution in [0.15, 0.2) is 85.5 Å². The van der Waals surface area contributed by atoms with E-state index in [0.29, 0.717) is 12.2 Å². The van der Waals surface area contributed by atoms with Crippen molar-refractivity contribution in [1.29, 1.82) is 0 Å². The molecule has 46 heavy (non-hydrogen) atoms. The molecule has 0 aliphatic carbocycles. The Morgan fingerprint density at radius 3 is 1.72 bits per heavy atom. The Bertz CT molecular complexity index is 1290. The van der Waals surface area contributed by atoms with Gasteiger partial charge in [-0.05, 0) is 65.9 Å². The SMILES string of the molecule is C=C(C)c1ccc(COC(CCCCCCCCCCCCCCCCC)c2ccc(C=CC(=O)c3ccc(F)cc3)cc2)cc1. The van der Waals surface area contributed by atoms with Gasteiger partial charge in [-0.25, -0.2) is 4.39 Å². The fraction of sp³-hybridized carbons (Fsp3) is 0.465. The van der Waals surface area contributed by atoms with Crippen LogP contribution in [0.2, 0.25) is 0 Å². The maximum Gasteiger partial charge on any atom is 0.185 e. The van der Waals surface area contributed by atoms with Crippen LogP contribution in [0.25, 0.3) is 11.6 Å². The highest BCUT2D eigenvalue weighted by Crippen LogP contribution is 2.27. The van der Waals surface area contributed by atoms with E-state index in [2.05, 4.69) is 49.9 Å². The summed E-state index contributed by atoms with van der Waals surface area (Å²) in [5, 5.41) is 0. The van der Waals surface area contributed by atoms with Crippen molar-refractivity contribution in [2.45, 2.75) is 129 Å². The number of hydrogen-bond donors (Lipinski definition) is 0. The largest absolute Gasteiger partial charge is 0.369 e. The molecule has 0 bridgehead atoms. The molecule has 0 amide bonds. The van der Waals surface area contributed by atoms with Crippen molar-refractivity contribution in [3.8, 4) is 0 Å². The lowest BCUT2D eigenvalue weighted by atomic mass is 9.99. The Labute approximate surface area is 279 Å². The van der Waals surface area contributed by atoms with Gasteiger partial charge in [0, 0.05) is 5.56 Å². The molecular formula is C43H57FO2. The first-order valence-corrected chi connectivity index (χ1v) is 17.9. The summed E-state index contributed by atoms with van der Waals surface area (Å²) in [5.41, 5.74) is 5.95. The maximum atomic E-state index is 13.2. The maximum absolute atomic E-state index is 13.2. The van der Waals surface area contributed by atoms with Gasteiger partial charge in [0.25, 0.3) is 0 Å². The van der Waals surface area contributed by atoms with E-state index < -0.39 is 0 Å². The first kappa shape index (κ1) is 37.2. The second-order valence-electron chi connectivity index (χ2n) is 12.9. The molecule has 1 unspecified atom stereocenters. The van der Waals surface area contributed by atoms with Crippen LogP contribution in [0.5, 0.6) is 0 Å². The molecule has 3 aromatic rings. The quantitative estimate of drug-likeness (QED) is 0.0563. The Hall–Kier alpha value is -3.30. The molecule has 1 atom stereocenters. The van der Waals surface area contributed by atoms with Gasteiger partial charge in [-0.15, -0.1) is 0 Å².